The molecule has 8 heteroatoms. The van der Waals surface area contributed by atoms with E-state index >= 15 is 0 Å². The van der Waals surface area contributed by atoms with Gasteiger partial charge in [-0.2, -0.15) is 8.42 Å². The normalized spacial score (nSPS) is 11.1. The van der Waals surface area contributed by atoms with Crippen LogP contribution in [0.4, 0.5) is 0 Å². The lowest BCUT2D eigenvalue weighted by molar-refractivity contribution is -0.121. The lowest BCUT2D eigenvalue weighted by atomic mass is 10.0. The first kappa shape index (κ1) is 32.5. The molecule has 0 aliphatic rings. The molecule has 0 spiro atoms. The number of hydrogen-bond acceptors (Lipinski definition) is 5. The van der Waals surface area contributed by atoms with E-state index in [-0.39, 0.29) is 5.91 Å². The molecule has 188 valence electrons. The van der Waals surface area contributed by atoms with Gasteiger partial charge in [-0.1, -0.05) is 96.8 Å². The van der Waals surface area contributed by atoms with Crippen molar-refractivity contribution in [1.82, 2.24) is 10.6 Å². The van der Waals surface area contributed by atoms with Crippen LogP contribution in [0.3, 0.4) is 0 Å². The van der Waals surface area contributed by atoms with Gasteiger partial charge >= 0.3 is 10.4 Å². The second-order valence-electron chi connectivity index (χ2n) is 8.10. The van der Waals surface area contributed by atoms with Crippen LogP contribution >= 0.6 is 0 Å². The number of hydrogen-bond donors (Lipinski definition) is 3. The first-order chi connectivity index (χ1) is 14.9. The molecule has 0 bridgehead atoms. The van der Waals surface area contributed by atoms with Crippen molar-refractivity contribution in [2.75, 3.05) is 27.2 Å². The Kier molecular flexibility index (Phi) is 26.8. The monoisotopic (exact) mass is 466 g/mol. The Morgan fingerprint density at radius 3 is 1.48 bits per heavy atom. The molecule has 0 aliphatic carbocycles. The third kappa shape index (κ3) is 34.1. The van der Waals surface area contributed by atoms with Crippen LogP contribution in [0.5, 0.6) is 0 Å². The molecule has 0 saturated carbocycles. The van der Waals surface area contributed by atoms with Crippen molar-refractivity contribution in [1.29, 1.82) is 0 Å². The van der Waals surface area contributed by atoms with E-state index < -0.39 is 10.4 Å². The highest BCUT2D eigenvalue weighted by Crippen LogP contribution is 2.13. The Morgan fingerprint density at radius 1 is 0.742 bits per heavy atom. The number of unbranched alkanes of at least 4 members (excludes halogenated alkanes) is 14. The summed E-state index contributed by atoms with van der Waals surface area (Å²) in [4.78, 5) is 11.6. The van der Waals surface area contributed by atoms with Crippen molar-refractivity contribution in [2.24, 2.45) is 0 Å². The van der Waals surface area contributed by atoms with E-state index in [1.807, 2.05) is 7.05 Å². The molecule has 0 unspecified atom stereocenters. The summed E-state index contributed by atoms with van der Waals surface area (Å²) in [7, 11) is -1.35. The lowest BCUT2D eigenvalue weighted by Crippen LogP contribution is -2.26. The SMILES string of the molecule is CCCCCCCCCCCCCCCCCC(=O)NCCCNC.COS(=O)(=O)O. The van der Waals surface area contributed by atoms with Gasteiger partial charge < -0.3 is 10.6 Å². The van der Waals surface area contributed by atoms with Gasteiger partial charge in [0.25, 0.3) is 0 Å². The molecule has 0 saturated heterocycles. The zero-order chi connectivity index (χ0) is 23.6. The maximum atomic E-state index is 11.6. The average molecular weight is 467 g/mol. The van der Waals surface area contributed by atoms with E-state index in [2.05, 4.69) is 21.7 Å². The van der Waals surface area contributed by atoms with E-state index in [9.17, 15) is 13.2 Å². The first-order valence-electron chi connectivity index (χ1n) is 12.3. The molecular formula is C23H50N2O5S. The summed E-state index contributed by atoms with van der Waals surface area (Å²) in [5, 5.41) is 6.08. The van der Waals surface area contributed by atoms with Crippen molar-refractivity contribution in [3.05, 3.63) is 0 Å². The van der Waals surface area contributed by atoms with Crippen LogP contribution in [-0.2, 0) is 19.4 Å². The summed E-state index contributed by atoms with van der Waals surface area (Å²) >= 11 is 0. The summed E-state index contributed by atoms with van der Waals surface area (Å²) in [5.41, 5.74) is 0. The van der Waals surface area contributed by atoms with Crippen LogP contribution in [0.15, 0.2) is 0 Å². The summed E-state index contributed by atoms with van der Waals surface area (Å²) in [5.74, 6) is 0.228. The van der Waals surface area contributed by atoms with Gasteiger partial charge in [-0.15, -0.1) is 0 Å². The zero-order valence-corrected chi connectivity index (χ0v) is 21.2. The quantitative estimate of drug-likeness (QED) is 0.154. The maximum absolute atomic E-state index is 11.6. The van der Waals surface area contributed by atoms with Gasteiger partial charge in [0.15, 0.2) is 0 Å². The largest absolute Gasteiger partial charge is 0.397 e. The maximum Gasteiger partial charge on any atom is 0.397 e. The van der Waals surface area contributed by atoms with Crippen LogP contribution in [0.25, 0.3) is 0 Å². The highest BCUT2D eigenvalue weighted by Gasteiger charge is 2.00. The van der Waals surface area contributed by atoms with E-state index in [0.717, 1.165) is 33.0 Å². The fraction of sp³-hybridized carbons (Fsp3) is 0.957. The highest BCUT2D eigenvalue weighted by atomic mass is 32.3. The number of carbonyl (C=O) groups excluding carboxylic acids is 1. The smallest absolute Gasteiger partial charge is 0.356 e. The van der Waals surface area contributed by atoms with E-state index in [1.54, 1.807) is 0 Å². The molecule has 0 aromatic carbocycles. The summed E-state index contributed by atoms with van der Waals surface area (Å²) in [6, 6.07) is 0. The fourth-order valence-corrected chi connectivity index (χ4v) is 3.24. The molecule has 0 aliphatic heterocycles. The number of rotatable bonds is 21. The van der Waals surface area contributed by atoms with Crippen LogP contribution in [-0.4, -0.2) is 46.1 Å². The molecule has 3 N–H and O–H groups in total. The molecule has 1 amide bonds. The first-order valence-corrected chi connectivity index (χ1v) is 13.7. The third-order valence-electron chi connectivity index (χ3n) is 5.14. The van der Waals surface area contributed by atoms with Gasteiger partial charge in [-0.05, 0) is 26.4 Å². The second kappa shape index (κ2) is 25.6. The van der Waals surface area contributed by atoms with Crippen LogP contribution in [0.1, 0.15) is 116 Å². The molecular weight excluding hydrogens is 416 g/mol. The Labute approximate surface area is 192 Å². The molecule has 0 heterocycles. The molecule has 7 nitrogen and oxygen atoms in total. The Bertz CT molecular complexity index is 473. The van der Waals surface area contributed by atoms with E-state index in [0.29, 0.717) is 6.42 Å². The van der Waals surface area contributed by atoms with Gasteiger partial charge in [-0.3, -0.25) is 13.5 Å². The molecule has 0 radical (unpaired) electrons. The summed E-state index contributed by atoms with van der Waals surface area (Å²) in [6.07, 6.45) is 22.3. The van der Waals surface area contributed by atoms with Gasteiger partial charge in [0.2, 0.25) is 5.91 Å². The van der Waals surface area contributed by atoms with Gasteiger partial charge in [-0.25, -0.2) is 0 Å². The van der Waals surface area contributed by atoms with Crippen LogP contribution in [0.2, 0.25) is 0 Å². The predicted molar refractivity (Wildman–Crippen MR) is 130 cm³/mol. The molecule has 0 rings (SSSR count). The Morgan fingerprint density at radius 2 is 1.13 bits per heavy atom. The molecule has 0 aromatic rings. The number of nitrogens with one attached hydrogen (secondary N) is 2. The standard InChI is InChI=1S/C22H46N2O.CH4O4S/c1-3-4-5-6-7-8-9-10-11-12-13-14-15-16-17-19-22(25)24-21-18-20-23-2;1-5-6(2,3)4/h23H,3-21H2,1-2H3,(H,24,25);1H3,(H,2,3,4). The summed E-state index contributed by atoms with van der Waals surface area (Å²) < 4.78 is 29.7. The van der Waals surface area contributed by atoms with Crippen LogP contribution < -0.4 is 10.6 Å². The number of carbonyl (C=O) groups is 1. The highest BCUT2D eigenvalue weighted by molar-refractivity contribution is 7.80. The zero-order valence-electron chi connectivity index (χ0n) is 20.4. The van der Waals surface area contributed by atoms with Crippen molar-refractivity contribution in [2.45, 2.75) is 116 Å². The lowest BCUT2D eigenvalue weighted by Gasteiger charge is -2.05. The second-order valence-corrected chi connectivity index (χ2v) is 9.29. The van der Waals surface area contributed by atoms with Gasteiger partial charge in [0.05, 0.1) is 7.11 Å². The van der Waals surface area contributed by atoms with Gasteiger partial charge in [0, 0.05) is 13.0 Å². The Balaban J connectivity index is 0. The van der Waals surface area contributed by atoms with Crippen molar-refractivity contribution in [3.63, 3.8) is 0 Å². The minimum atomic E-state index is -4.16. The van der Waals surface area contributed by atoms with Crippen molar-refractivity contribution in [3.8, 4) is 0 Å². The minimum Gasteiger partial charge on any atom is -0.356 e. The average Bonchev–Trinajstić information content (AvgIpc) is 2.74. The molecule has 0 atom stereocenters. The molecule has 31 heavy (non-hydrogen) atoms. The van der Waals surface area contributed by atoms with E-state index in [4.69, 9.17) is 4.55 Å². The van der Waals surface area contributed by atoms with Crippen molar-refractivity contribution >= 4 is 16.3 Å². The van der Waals surface area contributed by atoms with Crippen LogP contribution in [0, 0.1) is 0 Å². The summed E-state index contributed by atoms with van der Waals surface area (Å²) in [6.45, 7) is 4.06. The van der Waals surface area contributed by atoms with Crippen molar-refractivity contribution < 1.29 is 21.9 Å². The van der Waals surface area contributed by atoms with Gasteiger partial charge in [0.1, 0.15) is 0 Å². The third-order valence-corrected chi connectivity index (χ3v) is 5.56. The topological polar surface area (TPSA) is 105 Å². The fourth-order valence-electron chi connectivity index (χ4n) is 3.24. The predicted octanol–water partition coefficient (Wildman–Crippen LogP) is 5.41. The molecule has 0 fully saturated rings. The molecule has 0 aromatic heterocycles. The minimum absolute atomic E-state index is 0.228. The van der Waals surface area contributed by atoms with E-state index in [1.165, 1.54) is 89.9 Å². The Hall–Kier alpha value is -0.700. The number of amides is 1.